The van der Waals surface area contributed by atoms with Crippen molar-refractivity contribution in [3.05, 3.63) is 47.0 Å². The summed E-state index contributed by atoms with van der Waals surface area (Å²) in [5, 5.41) is 0. The van der Waals surface area contributed by atoms with E-state index in [1.54, 1.807) is 0 Å². The van der Waals surface area contributed by atoms with Crippen molar-refractivity contribution < 1.29 is 8.78 Å². The van der Waals surface area contributed by atoms with Crippen LogP contribution in [0.1, 0.15) is 24.8 Å². The highest BCUT2D eigenvalue weighted by atomic mass is 19.1. The summed E-state index contributed by atoms with van der Waals surface area (Å²) in [6.07, 6.45) is 5.13. The second-order valence-corrected chi connectivity index (χ2v) is 4.26. The molecule has 0 amide bonds. The molecule has 2 N–H and O–H groups in total. The number of hydrogen-bond donors (Lipinski definition) is 1. The van der Waals surface area contributed by atoms with Gasteiger partial charge in [0, 0.05) is 11.6 Å². The van der Waals surface area contributed by atoms with Crippen LogP contribution in [0.25, 0.3) is 0 Å². The predicted octanol–water partition coefficient (Wildman–Crippen LogP) is 2.94. The summed E-state index contributed by atoms with van der Waals surface area (Å²) in [5.41, 5.74) is 6.99. The first-order chi connectivity index (χ1) is 7.66. The number of nitrogens with two attached hydrogens (primary N) is 1. The molecule has 0 saturated heterocycles. The Bertz CT molecular complexity index is 392. The topological polar surface area (TPSA) is 26.0 Å². The van der Waals surface area contributed by atoms with Crippen molar-refractivity contribution in [1.29, 1.82) is 0 Å². The van der Waals surface area contributed by atoms with Gasteiger partial charge in [0.2, 0.25) is 0 Å². The summed E-state index contributed by atoms with van der Waals surface area (Å²) >= 11 is 0. The largest absolute Gasteiger partial charge is 0.324 e. The molecule has 1 aliphatic rings. The van der Waals surface area contributed by atoms with Crippen molar-refractivity contribution in [3.8, 4) is 0 Å². The van der Waals surface area contributed by atoms with Crippen molar-refractivity contribution in [2.24, 2.45) is 5.73 Å². The highest BCUT2D eigenvalue weighted by molar-refractivity contribution is 5.26. The van der Waals surface area contributed by atoms with Gasteiger partial charge in [0.25, 0.3) is 0 Å². The second kappa shape index (κ2) is 4.74. The Labute approximate surface area is 94.0 Å². The summed E-state index contributed by atoms with van der Waals surface area (Å²) in [4.78, 5) is 0. The molecule has 1 unspecified atom stereocenters. The molecule has 0 aliphatic heterocycles. The Morgan fingerprint density at radius 3 is 2.56 bits per heavy atom. The first-order valence-electron chi connectivity index (χ1n) is 5.55. The van der Waals surface area contributed by atoms with Gasteiger partial charge in [0.05, 0.1) is 0 Å². The number of hydrogen-bond acceptors (Lipinski definition) is 1. The second-order valence-electron chi connectivity index (χ2n) is 4.26. The number of allylic oxidation sites excluding steroid dienone is 1. The molecule has 0 spiro atoms. The molecule has 3 heteroatoms. The van der Waals surface area contributed by atoms with Gasteiger partial charge in [-0.15, -0.1) is 0 Å². The Morgan fingerprint density at radius 1 is 1.25 bits per heavy atom. The van der Waals surface area contributed by atoms with E-state index in [1.165, 1.54) is 18.2 Å². The summed E-state index contributed by atoms with van der Waals surface area (Å²) in [6.45, 7) is 0. The maximum absolute atomic E-state index is 13.4. The van der Waals surface area contributed by atoms with Crippen LogP contribution in [0.3, 0.4) is 0 Å². The Morgan fingerprint density at radius 2 is 1.94 bits per heavy atom. The van der Waals surface area contributed by atoms with E-state index in [2.05, 4.69) is 0 Å². The maximum Gasteiger partial charge on any atom is 0.129 e. The SMILES string of the molecule is NC1C=C(Cc2c(F)cccc2F)CCC1. The Hall–Kier alpha value is -1.22. The maximum atomic E-state index is 13.4. The molecule has 1 atom stereocenters. The van der Waals surface area contributed by atoms with Crippen molar-refractivity contribution >= 4 is 0 Å². The molecule has 1 aromatic rings. The molecule has 2 rings (SSSR count). The van der Waals surface area contributed by atoms with E-state index in [4.69, 9.17) is 5.73 Å². The molecule has 0 heterocycles. The zero-order valence-corrected chi connectivity index (χ0v) is 9.05. The Kier molecular flexibility index (Phi) is 3.34. The van der Waals surface area contributed by atoms with Gasteiger partial charge in [-0.1, -0.05) is 17.7 Å². The fourth-order valence-electron chi connectivity index (χ4n) is 2.11. The van der Waals surface area contributed by atoms with Gasteiger partial charge in [0.15, 0.2) is 0 Å². The van der Waals surface area contributed by atoms with Crippen molar-refractivity contribution in [1.82, 2.24) is 0 Å². The van der Waals surface area contributed by atoms with E-state index in [9.17, 15) is 8.78 Å². The monoisotopic (exact) mass is 223 g/mol. The highest BCUT2D eigenvalue weighted by Gasteiger charge is 2.14. The lowest BCUT2D eigenvalue weighted by atomic mass is 9.91. The van der Waals surface area contributed by atoms with Crippen LogP contribution in [0, 0.1) is 11.6 Å². The van der Waals surface area contributed by atoms with E-state index >= 15 is 0 Å². The molecule has 0 fully saturated rings. The molecular weight excluding hydrogens is 208 g/mol. The highest BCUT2D eigenvalue weighted by Crippen LogP contribution is 2.23. The lowest BCUT2D eigenvalue weighted by Crippen LogP contribution is -2.21. The van der Waals surface area contributed by atoms with E-state index < -0.39 is 11.6 Å². The lowest BCUT2D eigenvalue weighted by molar-refractivity contribution is 0.552. The summed E-state index contributed by atoms with van der Waals surface area (Å²) in [7, 11) is 0. The van der Waals surface area contributed by atoms with E-state index in [-0.39, 0.29) is 11.6 Å². The smallest absolute Gasteiger partial charge is 0.129 e. The molecule has 16 heavy (non-hydrogen) atoms. The third-order valence-electron chi connectivity index (χ3n) is 2.95. The predicted molar refractivity (Wildman–Crippen MR) is 60.0 cm³/mol. The normalized spacial score (nSPS) is 20.7. The van der Waals surface area contributed by atoms with Crippen molar-refractivity contribution in [2.75, 3.05) is 0 Å². The fraction of sp³-hybridized carbons (Fsp3) is 0.385. The van der Waals surface area contributed by atoms with Crippen LogP contribution in [-0.4, -0.2) is 6.04 Å². The first-order valence-corrected chi connectivity index (χ1v) is 5.55. The molecule has 86 valence electrons. The van der Waals surface area contributed by atoms with Gasteiger partial charge in [-0.3, -0.25) is 0 Å². The molecular formula is C13H15F2N. The number of halogens is 2. The van der Waals surface area contributed by atoms with Gasteiger partial charge in [-0.05, 0) is 37.8 Å². The number of benzene rings is 1. The minimum Gasteiger partial charge on any atom is -0.324 e. The van der Waals surface area contributed by atoms with Gasteiger partial charge in [-0.25, -0.2) is 8.78 Å². The molecule has 1 aliphatic carbocycles. The van der Waals surface area contributed by atoms with Crippen LogP contribution in [0.4, 0.5) is 8.78 Å². The minimum atomic E-state index is -0.472. The molecule has 0 saturated carbocycles. The van der Waals surface area contributed by atoms with Crippen LogP contribution in [0.15, 0.2) is 29.8 Å². The van der Waals surface area contributed by atoms with Gasteiger partial charge in [0.1, 0.15) is 11.6 Å². The fourth-order valence-corrected chi connectivity index (χ4v) is 2.11. The van der Waals surface area contributed by atoms with E-state index in [0.717, 1.165) is 24.8 Å². The zero-order valence-electron chi connectivity index (χ0n) is 9.05. The van der Waals surface area contributed by atoms with Gasteiger partial charge in [-0.2, -0.15) is 0 Å². The number of rotatable bonds is 2. The zero-order chi connectivity index (χ0) is 11.5. The van der Waals surface area contributed by atoms with Crippen LogP contribution in [0.2, 0.25) is 0 Å². The van der Waals surface area contributed by atoms with Gasteiger partial charge >= 0.3 is 0 Å². The van der Waals surface area contributed by atoms with Crippen LogP contribution < -0.4 is 5.73 Å². The van der Waals surface area contributed by atoms with Crippen molar-refractivity contribution in [3.63, 3.8) is 0 Å². The Balaban J connectivity index is 2.20. The molecule has 0 radical (unpaired) electrons. The average Bonchev–Trinajstić information content (AvgIpc) is 2.24. The van der Waals surface area contributed by atoms with Crippen molar-refractivity contribution in [2.45, 2.75) is 31.7 Å². The third-order valence-corrected chi connectivity index (χ3v) is 2.95. The molecule has 1 nitrogen and oxygen atoms in total. The quantitative estimate of drug-likeness (QED) is 0.766. The minimum absolute atomic E-state index is 0.0404. The third kappa shape index (κ3) is 2.47. The standard InChI is InChI=1S/C13H15F2N/c14-12-5-2-6-13(15)11(12)8-9-3-1-4-10(16)7-9/h2,5-7,10H,1,3-4,8,16H2. The summed E-state index contributed by atoms with van der Waals surface area (Å²) in [5.74, 6) is -0.944. The van der Waals surface area contributed by atoms with Crippen LogP contribution in [0.5, 0.6) is 0 Å². The van der Waals surface area contributed by atoms with Crippen LogP contribution >= 0.6 is 0 Å². The summed E-state index contributed by atoms with van der Waals surface area (Å²) < 4.78 is 26.8. The lowest BCUT2D eigenvalue weighted by Gasteiger charge is -2.18. The molecule has 0 bridgehead atoms. The van der Waals surface area contributed by atoms with E-state index in [0.29, 0.717) is 6.42 Å². The van der Waals surface area contributed by atoms with Crippen LogP contribution in [-0.2, 0) is 6.42 Å². The summed E-state index contributed by atoms with van der Waals surface area (Å²) in [6, 6.07) is 4.01. The first kappa shape index (κ1) is 11.3. The average molecular weight is 223 g/mol. The van der Waals surface area contributed by atoms with Gasteiger partial charge < -0.3 is 5.73 Å². The van der Waals surface area contributed by atoms with E-state index in [1.807, 2.05) is 6.08 Å². The molecule has 1 aromatic carbocycles. The molecule has 0 aromatic heterocycles.